The smallest absolute Gasteiger partial charge is 0.271 e. The first kappa shape index (κ1) is 21.0. The minimum atomic E-state index is -1.84. The zero-order valence-corrected chi connectivity index (χ0v) is 16.3. The summed E-state index contributed by atoms with van der Waals surface area (Å²) in [5.41, 5.74) is 3.55. The number of nitrogens with one attached hydrogen (secondary N) is 2. The number of hydrogen-bond acceptors (Lipinski definition) is 5. The van der Waals surface area contributed by atoms with Crippen molar-refractivity contribution in [2.24, 2.45) is 5.10 Å². The lowest BCUT2D eigenvalue weighted by Gasteiger charge is -2.25. The SMILES string of the molecule is CC(=O)NC(Oc1ccc(/C=N/NC(=O)c2ccncc2)cc1)C(Cl)(Cl)Cl. The van der Waals surface area contributed by atoms with Crippen LogP contribution < -0.4 is 15.5 Å². The molecule has 0 bridgehead atoms. The molecular formula is C17H15Cl3N4O3. The third-order valence-electron chi connectivity index (χ3n) is 3.09. The van der Waals surface area contributed by atoms with Gasteiger partial charge in [-0.05, 0) is 42.0 Å². The van der Waals surface area contributed by atoms with E-state index in [0.29, 0.717) is 16.9 Å². The number of carbonyl (C=O) groups excluding carboxylic acids is 2. The average Bonchev–Trinajstić information content (AvgIpc) is 2.62. The van der Waals surface area contributed by atoms with Crippen LogP contribution in [0.25, 0.3) is 0 Å². The summed E-state index contributed by atoms with van der Waals surface area (Å²) in [5.74, 6) is -0.382. The van der Waals surface area contributed by atoms with Gasteiger partial charge in [0.25, 0.3) is 5.91 Å². The maximum atomic E-state index is 11.8. The van der Waals surface area contributed by atoms with E-state index in [1.807, 2.05) is 0 Å². The number of rotatable bonds is 6. The summed E-state index contributed by atoms with van der Waals surface area (Å²) >= 11 is 17.4. The highest BCUT2D eigenvalue weighted by Crippen LogP contribution is 2.31. The minimum Gasteiger partial charge on any atom is -0.466 e. The highest BCUT2D eigenvalue weighted by molar-refractivity contribution is 6.68. The van der Waals surface area contributed by atoms with Crippen molar-refractivity contribution in [3.63, 3.8) is 0 Å². The molecule has 1 aromatic heterocycles. The van der Waals surface area contributed by atoms with Crippen molar-refractivity contribution >= 4 is 52.8 Å². The Morgan fingerprint density at radius 2 is 1.78 bits per heavy atom. The summed E-state index contributed by atoms with van der Waals surface area (Å²) < 4.78 is 3.65. The third kappa shape index (κ3) is 7.05. The molecule has 10 heteroatoms. The Morgan fingerprint density at radius 1 is 1.15 bits per heavy atom. The fourth-order valence-corrected chi connectivity index (χ4v) is 2.16. The Labute approximate surface area is 170 Å². The molecule has 0 aliphatic rings. The molecule has 2 aromatic rings. The molecule has 0 aliphatic heterocycles. The number of carbonyl (C=O) groups is 2. The fourth-order valence-electron chi connectivity index (χ4n) is 1.86. The molecule has 0 fully saturated rings. The van der Waals surface area contributed by atoms with Crippen molar-refractivity contribution in [2.45, 2.75) is 16.9 Å². The topological polar surface area (TPSA) is 92.7 Å². The van der Waals surface area contributed by atoms with Crippen molar-refractivity contribution in [3.8, 4) is 5.75 Å². The standard InChI is InChI=1S/C17H15Cl3N4O3/c1-11(25)23-16(17(18,19)20)27-14-4-2-12(3-5-14)10-22-24-15(26)13-6-8-21-9-7-13/h2-10,16H,1H3,(H,23,25)(H,24,26)/b22-10+. The third-order valence-corrected chi connectivity index (χ3v) is 3.68. The van der Waals surface area contributed by atoms with E-state index in [0.717, 1.165) is 0 Å². The number of halogens is 3. The Hall–Kier alpha value is -2.35. The summed E-state index contributed by atoms with van der Waals surface area (Å²) in [5, 5.41) is 6.29. The number of amides is 2. The Kier molecular flexibility index (Phi) is 7.41. The lowest BCUT2D eigenvalue weighted by molar-refractivity contribution is -0.121. The Morgan fingerprint density at radius 3 is 2.33 bits per heavy atom. The van der Waals surface area contributed by atoms with Gasteiger partial charge in [0.2, 0.25) is 15.9 Å². The van der Waals surface area contributed by atoms with Gasteiger partial charge in [-0.1, -0.05) is 34.8 Å². The van der Waals surface area contributed by atoms with Crippen LogP contribution in [0.4, 0.5) is 0 Å². The van der Waals surface area contributed by atoms with Crippen LogP contribution in [0, 0.1) is 0 Å². The monoisotopic (exact) mass is 428 g/mol. The van der Waals surface area contributed by atoms with E-state index in [9.17, 15) is 9.59 Å². The van der Waals surface area contributed by atoms with Crippen molar-refractivity contribution in [2.75, 3.05) is 0 Å². The van der Waals surface area contributed by atoms with Gasteiger partial charge in [-0.15, -0.1) is 0 Å². The van der Waals surface area contributed by atoms with Crippen LogP contribution in [0.3, 0.4) is 0 Å². The summed E-state index contributed by atoms with van der Waals surface area (Å²) in [6.07, 6.45) is 3.34. The highest BCUT2D eigenvalue weighted by Gasteiger charge is 2.35. The fraction of sp³-hybridized carbons (Fsp3) is 0.176. The van der Waals surface area contributed by atoms with Gasteiger partial charge in [0.15, 0.2) is 0 Å². The molecule has 0 saturated carbocycles. The first-order valence-electron chi connectivity index (χ1n) is 7.59. The van der Waals surface area contributed by atoms with Gasteiger partial charge in [0, 0.05) is 24.9 Å². The molecule has 1 atom stereocenters. The number of hydrazone groups is 1. The van der Waals surface area contributed by atoms with E-state index in [1.54, 1.807) is 36.4 Å². The Balaban J connectivity index is 1.96. The normalized spacial score (nSPS) is 12.4. The second-order valence-corrected chi connectivity index (χ2v) is 7.61. The largest absolute Gasteiger partial charge is 0.466 e. The number of ether oxygens (including phenoxy) is 1. The molecule has 2 amide bonds. The maximum Gasteiger partial charge on any atom is 0.271 e. The van der Waals surface area contributed by atoms with E-state index in [2.05, 4.69) is 20.8 Å². The second kappa shape index (κ2) is 9.55. The molecule has 2 N–H and O–H groups in total. The van der Waals surface area contributed by atoms with E-state index in [4.69, 9.17) is 39.5 Å². The van der Waals surface area contributed by atoms with Crippen LogP contribution >= 0.6 is 34.8 Å². The molecule has 27 heavy (non-hydrogen) atoms. The van der Waals surface area contributed by atoms with Gasteiger partial charge < -0.3 is 10.1 Å². The van der Waals surface area contributed by atoms with Crippen LogP contribution in [0.2, 0.25) is 0 Å². The van der Waals surface area contributed by atoms with Crippen LogP contribution in [0.15, 0.2) is 53.9 Å². The number of pyridine rings is 1. The zero-order valence-electron chi connectivity index (χ0n) is 14.0. The molecule has 2 rings (SSSR count). The molecule has 7 nitrogen and oxygen atoms in total. The molecule has 0 aliphatic carbocycles. The summed E-state index contributed by atoms with van der Waals surface area (Å²) in [6, 6.07) is 9.73. The molecule has 142 valence electrons. The predicted molar refractivity (Wildman–Crippen MR) is 104 cm³/mol. The van der Waals surface area contributed by atoms with E-state index in [1.165, 1.54) is 25.5 Å². The first-order valence-corrected chi connectivity index (χ1v) is 8.73. The lowest BCUT2D eigenvalue weighted by Crippen LogP contribution is -2.47. The van der Waals surface area contributed by atoms with E-state index >= 15 is 0 Å². The van der Waals surface area contributed by atoms with E-state index in [-0.39, 0.29) is 5.91 Å². The lowest BCUT2D eigenvalue weighted by atomic mass is 10.2. The number of aromatic nitrogens is 1. The first-order chi connectivity index (χ1) is 12.8. The second-order valence-electron chi connectivity index (χ2n) is 5.24. The number of benzene rings is 1. The number of nitrogens with zero attached hydrogens (tertiary/aromatic N) is 2. The van der Waals surface area contributed by atoms with Crippen molar-refractivity contribution in [1.29, 1.82) is 0 Å². The highest BCUT2D eigenvalue weighted by atomic mass is 35.6. The van der Waals surface area contributed by atoms with Crippen LogP contribution in [-0.2, 0) is 4.79 Å². The van der Waals surface area contributed by atoms with Crippen LogP contribution in [-0.4, -0.2) is 33.0 Å². The van der Waals surface area contributed by atoms with Gasteiger partial charge in [-0.2, -0.15) is 5.10 Å². The number of alkyl halides is 3. The Bertz CT molecular complexity index is 808. The average molecular weight is 430 g/mol. The summed E-state index contributed by atoms with van der Waals surface area (Å²) in [7, 11) is 0. The summed E-state index contributed by atoms with van der Waals surface area (Å²) in [4.78, 5) is 26.9. The van der Waals surface area contributed by atoms with Gasteiger partial charge in [0.05, 0.1) is 6.21 Å². The molecule has 1 aromatic carbocycles. The molecule has 1 heterocycles. The van der Waals surface area contributed by atoms with Crippen LogP contribution in [0.1, 0.15) is 22.8 Å². The minimum absolute atomic E-state index is 0.352. The van der Waals surface area contributed by atoms with Crippen molar-refractivity contribution in [3.05, 3.63) is 59.9 Å². The molecule has 0 spiro atoms. The molecular weight excluding hydrogens is 415 g/mol. The summed E-state index contributed by atoms with van der Waals surface area (Å²) in [6.45, 7) is 1.28. The van der Waals surface area contributed by atoms with Gasteiger partial charge in [-0.3, -0.25) is 14.6 Å². The van der Waals surface area contributed by atoms with Gasteiger partial charge >= 0.3 is 0 Å². The maximum absolute atomic E-state index is 11.8. The molecule has 0 saturated heterocycles. The van der Waals surface area contributed by atoms with Gasteiger partial charge in [-0.25, -0.2) is 5.43 Å². The zero-order chi connectivity index (χ0) is 19.9. The predicted octanol–water partition coefficient (Wildman–Crippen LogP) is 3.06. The van der Waals surface area contributed by atoms with Crippen molar-refractivity contribution < 1.29 is 14.3 Å². The van der Waals surface area contributed by atoms with Crippen molar-refractivity contribution in [1.82, 2.24) is 15.7 Å². The van der Waals surface area contributed by atoms with E-state index < -0.39 is 15.9 Å². The molecule has 0 radical (unpaired) electrons. The van der Waals surface area contributed by atoms with Gasteiger partial charge in [0.1, 0.15) is 5.75 Å². The quantitative estimate of drug-likeness (QED) is 0.319. The van der Waals surface area contributed by atoms with Crippen LogP contribution in [0.5, 0.6) is 5.75 Å². The molecule has 1 unspecified atom stereocenters. The number of hydrogen-bond donors (Lipinski definition) is 2.